The molecule has 0 aliphatic heterocycles. The van der Waals surface area contributed by atoms with Crippen LogP contribution in [0.5, 0.6) is 0 Å². The van der Waals surface area contributed by atoms with Crippen molar-refractivity contribution in [3.63, 3.8) is 0 Å². The first kappa shape index (κ1) is 10.9. The van der Waals surface area contributed by atoms with E-state index in [0.717, 1.165) is 21.9 Å². The molecular formula is C12H10ClNO2. The first-order chi connectivity index (χ1) is 7.50. The van der Waals surface area contributed by atoms with Gasteiger partial charge in [0, 0.05) is 5.39 Å². The highest BCUT2D eigenvalue weighted by molar-refractivity contribution is 6.34. The number of aromatic carboxylic acids is 1. The highest BCUT2D eigenvalue weighted by Crippen LogP contribution is 2.27. The van der Waals surface area contributed by atoms with E-state index in [4.69, 9.17) is 16.7 Å². The number of aryl methyl sites for hydroxylation is 2. The molecule has 0 saturated heterocycles. The quantitative estimate of drug-likeness (QED) is 0.773. The monoisotopic (exact) mass is 235 g/mol. The van der Waals surface area contributed by atoms with Gasteiger partial charge in [0.2, 0.25) is 0 Å². The predicted molar refractivity (Wildman–Crippen MR) is 63.2 cm³/mol. The lowest BCUT2D eigenvalue weighted by Gasteiger charge is -2.07. The summed E-state index contributed by atoms with van der Waals surface area (Å²) in [5, 5.41) is 10.7. The molecule has 2 rings (SSSR count). The van der Waals surface area contributed by atoms with Gasteiger partial charge in [-0.1, -0.05) is 23.7 Å². The molecule has 0 bridgehead atoms. The van der Waals surface area contributed by atoms with Crippen molar-refractivity contribution in [1.29, 1.82) is 0 Å². The van der Waals surface area contributed by atoms with Gasteiger partial charge in [0.25, 0.3) is 0 Å². The van der Waals surface area contributed by atoms with Crippen LogP contribution in [0.3, 0.4) is 0 Å². The molecule has 0 radical (unpaired) electrons. The maximum absolute atomic E-state index is 10.8. The Kier molecular flexibility index (Phi) is 2.56. The van der Waals surface area contributed by atoms with Crippen molar-refractivity contribution in [3.05, 3.63) is 40.2 Å². The van der Waals surface area contributed by atoms with Gasteiger partial charge in [-0.2, -0.15) is 0 Å². The molecule has 1 heterocycles. The predicted octanol–water partition coefficient (Wildman–Crippen LogP) is 3.20. The molecule has 16 heavy (non-hydrogen) atoms. The average molecular weight is 236 g/mol. The number of rotatable bonds is 1. The summed E-state index contributed by atoms with van der Waals surface area (Å²) in [7, 11) is 0. The summed E-state index contributed by atoms with van der Waals surface area (Å²) >= 11 is 6.01. The Bertz CT molecular complexity index is 593. The maximum Gasteiger partial charge on any atom is 0.354 e. The number of halogens is 1. The molecule has 0 amide bonds. The fourth-order valence-corrected chi connectivity index (χ4v) is 2.02. The normalized spacial score (nSPS) is 10.7. The zero-order valence-corrected chi connectivity index (χ0v) is 9.67. The largest absolute Gasteiger partial charge is 0.477 e. The number of hydrogen-bond acceptors (Lipinski definition) is 2. The van der Waals surface area contributed by atoms with Crippen molar-refractivity contribution >= 4 is 28.3 Å². The van der Waals surface area contributed by atoms with E-state index >= 15 is 0 Å². The van der Waals surface area contributed by atoms with E-state index in [2.05, 4.69) is 4.98 Å². The van der Waals surface area contributed by atoms with Crippen molar-refractivity contribution in [2.24, 2.45) is 0 Å². The Balaban J connectivity index is 2.86. The highest BCUT2D eigenvalue weighted by Gasteiger charge is 2.11. The van der Waals surface area contributed by atoms with Gasteiger partial charge in [-0.05, 0) is 36.4 Å². The van der Waals surface area contributed by atoms with Gasteiger partial charge >= 0.3 is 5.97 Å². The molecule has 1 aromatic carbocycles. The molecule has 0 aliphatic carbocycles. The number of carboxylic acids is 1. The van der Waals surface area contributed by atoms with E-state index < -0.39 is 5.97 Å². The highest BCUT2D eigenvalue weighted by atomic mass is 35.5. The van der Waals surface area contributed by atoms with E-state index in [1.807, 2.05) is 26.0 Å². The molecule has 82 valence electrons. The Morgan fingerprint density at radius 1 is 1.38 bits per heavy atom. The van der Waals surface area contributed by atoms with E-state index in [0.29, 0.717) is 0 Å². The second kappa shape index (κ2) is 3.76. The Morgan fingerprint density at radius 2 is 2.06 bits per heavy atom. The standard InChI is InChI=1S/C12H10ClNO2/c1-6-3-4-8-5-9(12(15)16)14-11(13)10(8)7(6)2/h3-5H,1-2H3,(H,15,16). The van der Waals surface area contributed by atoms with Crippen LogP contribution >= 0.6 is 11.6 Å². The summed E-state index contributed by atoms with van der Waals surface area (Å²) in [5.41, 5.74) is 2.12. The van der Waals surface area contributed by atoms with Gasteiger partial charge in [0.15, 0.2) is 5.69 Å². The molecule has 2 aromatic rings. The van der Waals surface area contributed by atoms with Crippen LogP contribution in [0.1, 0.15) is 21.6 Å². The maximum atomic E-state index is 10.8. The smallest absolute Gasteiger partial charge is 0.354 e. The van der Waals surface area contributed by atoms with Gasteiger partial charge in [-0.3, -0.25) is 0 Å². The fraction of sp³-hybridized carbons (Fsp3) is 0.167. The summed E-state index contributed by atoms with van der Waals surface area (Å²) in [6.07, 6.45) is 0. The van der Waals surface area contributed by atoms with Crippen molar-refractivity contribution < 1.29 is 9.90 Å². The Morgan fingerprint density at radius 3 is 2.69 bits per heavy atom. The van der Waals surface area contributed by atoms with Crippen molar-refractivity contribution in [2.75, 3.05) is 0 Å². The Labute approximate surface area is 97.7 Å². The molecule has 0 spiro atoms. The second-order valence-electron chi connectivity index (χ2n) is 3.71. The van der Waals surface area contributed by atoms with E-state index in [1.165, 1.54) is 6.07 Å². The van der Waals surface area contributed by atoms with E-state index in [1.54, 1.807) is 0 Å². The van der Waals surface area contributed by atoms with Gasteiger partial charge in [0.1, 0.15) is 5.15 Å². The lowest BCUT2D eigenvalue weighted by molar-refractivity contribution is 0.0690. The van der Waals surface area contributed by atoms with Crippen molar-refractivity contribution in [2.45, 2.75) is 13.8 Å². The van der Waals surface area contributed by atoms with E-state index in [9.17, 15) is 4.79 Å². The summed E-state index contributed by atoms with van der Waals surface area (Å²) < 4.78 is 0. The third kappa shape index (κ3) is 1.63. The van der Waals surface area contributed by atoms with Crippen LogP contribution in [0.4, 0.5) is 0 Å². The lowest BCUT2D eigenvalue weighted by Crippen LogP contribution is -2.01. The molecule has 0 atom stereocenters. The van der Waals surface area contributed by atoms with Gasteiger partial charge < -0.3 is 5.11 Å². The molecule has 1 aromatic heterocycles. The lowest BCUT2D eigenvalue weighted by atomic mass is 10.0. The molecular weight excluding hydrogens is 226 g/mol. The van der Waals surface area contributed by atoms with E-state index in [-0.39, 0.29) is 10.8 Å². The molecule has 0 unspecified atom stereocenters. The minimum Gasteiger partial charge on any atom is -0.477 e. The average Bonchev–Trinajstić information content (AvgIpc) is 2.22. The second-order valence-corrected chi connectivity index (χ2v) is 4.07. The number of benzene rings is 1. The number of aromatic nitrogens is 1. The summed E-state index contributed by atoms with van der Waals surface area (Å²) in [6, 6.07) is 5.34. The molecule has 0 fully saturated rings. The van der Waals surface area contributed by atoms with Gasteiger partial charge in [0.05, 0.1) is 0 Å². The van der Waals surface area contributed by atoms with Crippen LogP contribution in [-0.4, -0.2) is 16.1 Å². The van der Waals surface area contributed by atoms with Crippen LogP contribution in [0.25, 0.3) is 10.8 Å². The first-order valence-electron chi connectivity index (χ1n) is 4.80. The zero-order valence-electron chi connectivity index (χ0n) is 8.91. The van der Waals surface area contributed by atoms with Crippen LogP contribution < -0.4 is 0 Å². The molecule has 1 N–H and O–H groups in total. The number of fused-ring (bicyclic) bond motifs is 1. The minimum absolute atomic E-state index is 0.0271. The third-order valence-electron chi connectivity index (χ3n) is 2.70. The molecule has 0 saturated carbocycles. The Hall–Kier alpha value is -1.61. The summed E-state index contributed by atoms with van der Waals surface area (Å²) in [4.78, 5) is 14.7. The van der Waals surface area contributed by atoms with Crippen molar-refractivity contribution in [3.8, 4) is 0 Å². The van der Waals surface area contributed by atoms with Crippen molar-refractivity contribution in [1.82, 2.24) is 4.98 Å². The van der Waals surface area contributed by atoms with Crippen LogP contribution in [0.15, 0.2) is 18.2 Å². The third-order valence-corrected chi connectivity index (χ3v) is 2.98. The topological polar surface area (TPSA) is 50.2 Å². The summed E-state index contributed by atoms with van der Waals surface area (Å²) in [5.74, 6) is -1.07. The fourth-order valence-electron chi connectivity index (χ4n) is 1.68. The van der Waals surface area contributed by atoms with Gasteiger partial charge in [-0.25, -0.2) is 9.78 Å². The zero-order chi connectivity index (χ0) is 11.9. The molecule has 0 aliphatic rings. The first-order valence-corrected chi connectivity index (χ1v) is 5.18. The molecule has 4 heteroatoms. The number of hydrogen-bond donors (Lipinski definition) is 1. The SMILES string of the molecule is Cc1ccc2cc(C(=O)O)nc(Cl)c2c1C. The van der Waals surface area contributed by atoms with Crippen LogP contribution in [0, 0.1) is 13.8 Å². The summed E-state index contributed by atoms with van der Waals surface area (Å²) in [6.45, 7) is 3.93. The number of carboxylic acid groups (broad SMARTS) is 1. The number of pyridine rings is 1. The van der Waals surface area contributed by atoms with Gasteiger partial charge in [-0.15, -0.1) is 0 Å². The number of nitrogens with zero attached hydrogens (tertiary/aromatic N) is 1. The van der Waals surface area contributed by atoms with Crippen LogP contribution in [0.2, 0.25) is 5.15 Å². The molecule has 3 nitrogen and oxygen atoms in total. The minimum atomic E-state index is -1.07. The van der Waals surface area contributed by atoms with Crippen LogP contribution in [-0.2, 0) is 0 Å². The number of carbonyl (C=O) groups is 1.